The zero-order valence-corrected chi connectivity index (χ0v) is 9.62. The second-order valence-electron chi connectivity index (χ2n) is 3.61. The maximum absolute atomic E-state index is 10.6. The third-order valence-electron chi connectivity index (χ3n) is 1.97. The highest BCUT2D eigenvalue weighted by molar-refractivity contribution is 7.80. The Morgan fingerprint density at radius 2 is 2.20 bits per heavy atom. The molecule has 1 aromatic carbocycles. The Kier molecular flexibility index (Phi) is 4.11. The van der Waals surface area contributed by atoms with Crippen LogP contribution in [0.5, 0.6) is 0 Å². The Bertz CT molecular complexity index is 366. The summed E-state index contributed by atoms with van der Waals surface area (Å²) in [6.45, 7) is 4.64. The van der Waals surface area contributed by atoms with Gasteiger partial charge in [-0.05, 0) is 11.6 Å². The summed E-state index contributed by atoms with van der Waals surface area (Å²) in [4.78, 5) is 10.9. The van der Waals surface area contributed by atoms with Crippen LogP contribution in [0.2, 0.25) is 0 Å². The molecule has 0 saturated heterocycles. The van der Waals surface area contributed by atoms with Crippen molar-refractivity contribution in [2.45, 2.75) is 31.3 Å². The Hall–Kier alpha value is -1.07. The molecule has 0 bridgehead atoms. The van der Waals surface area contributed by atoms with Crippen LogP contribution >= 0.6 is 12.6 Å². The number of nitrogens with zero attached hydrogens (tertiary/aromatic N) is 1. The molecule has 0 aromatic heterocycles. The van der Waals surface area contributed by atoms with Gasteiger partial charge in [-0.2, -0.15) is 0 Å². The number of hydrogen-bond donors (Lipinski definition) is 2. The Morgan fingerprint density at radius 1 is 1.53 bits per heavy atom. The first kappa shape index (κ1) is 12.0. The number of non-ortho nitro benzene ring substituents is 1. The average Bonchev–Trinajstić information content (AvgIpc) is 2.16. The van der Waals surface area contributed by atoms with Gasteiger partial charge in [0.05, 0.1) is 4.92 Å². The minimum absolute atomic E-state index is 0.105. The van der Waals surface area contributed by atoms with E-state index in [4.69, 9.17) is 0 Å². The van der Waals surface area contributed by atoms with E-state index in [-0.39, 0.29) is 5.69 Å². The van der Waals surface area contributed by atoms with Gasteiger partial charge in [0, 0.05) is 29.6 Å². The summed E-state index contributed by atoms with van der Waals surface area (Å²) in [6, 6.07) is 5.01. The molecule has 0 atom stereocenters. The second-order valence-corrected chi connectivity index (χ2v) is 4.09. The van der Waals surface area contributed by atoms with E-state index in [2.05, 4.69) is 17.9 Å². The van der Waals surface area contributed by atoms with E-state index in [0.717, 1.165) is 10.5 Å². The molecule has 0 radical (unpaired) electrons. The molecule has 0 aliphatic heterocycles. The molecule has 0 fully saturated rings. The van der Waals surface area contributed by atoms with Gasteiger partial charge in [0.15, 0.2) is 0 Å². The SMILES string of the molecule is CC(C)NCc1cc([N+](=O)[O-])ccc1S. The van der Waals surface area contributed by atoms with Gasteiger partial charge in [0.25, 0.3) is 5.69 Å². The number of thiol groups is 1. The maximum atomic E-state index is 10.6. The molecule has 1 rings (SSSR count). The lowest BCUT2D eigenvalue weighted by atomic mass is 10.2. The first-order valence-electron chi connectivity index (χ1n) is 4.70. The van der Waals surface area contributed by atoms with Gasteiger partial charge in [0.1, 0.15) is 0 Å². The molecule has 0 amide bonds. The summed E-state index contributed by atoms with van der Waals surface area (Å²) in [5.41, 5.74) is 0.953. The predicted octanol–water partition coefficient (Wildman–Crippen LogP) is 2.38. The molecule has 82 valence electrons. The standard InChI is InChI=1S/C10H14N2O2S/c1-7(2)11-6-8-5-9(12(13)14)3-4-10(8)15/h3-5,7,11,15H,6H2,1-2H3. The lowest BCUT2D eigenvalue weighted by molar-refractivity contribution is -0.385. The maximum Gasteiger partial charge on any atom is 0.269 e. The molecular weight excluding hydrogens is 212 g/mol. The molecule has 0 heterocycles. The molecule has 1 N–H and O–H groups in total. The van der Waals surface area contributed by atoms with Crippen LogP contribution in [0, 0.1) is 10.1 Å². The highest BCUT2D eigenvalue weighted by atomic mass is 32.1. The molecule has 0 aliphatic carbocycles. The molecule has 4 nitrogen and oxygen atoms in total. The molecule has 5 heteroatoms. The van der Waals surface area contributed by atoms with Crippen molar-refractivity contribution in [3.8, 4) is 0 Å². The quantitative estimate of drug-likeness (QED) is 0.471. The molecule has 0 unspecified atom stereocenters. The van der Waals surface area contributed by atoms with E-state index in [9.17, 15) is 10.1 Å². The summed E-state index contributed by atoms with van der Waals surface area (Å²) in [6.07, 6.45) is 0. The molecule has 0 aliphatic rings. The summed E-state index contributed by atoms with van der Waals surface area (Å²) < 4.78 is 0. The van der Waals surface area contributed by atoms with Crippen LogP contribution in [0.1, 0.15) is 19.4 Å². The molecular formula is C10H14N2O2S. The third kappa shape index (κ3) is 3.53. The average molecular weight is 226 g/mol. The van der Waals surface area contributed by atoms with Gasteiger partial charge < -0.3 is 5.32 Å². The van der Waals surface area contributed by atoms with E-state index in [1.54, 1.807) is 12.1 Å². The summed E-state index contributed by atoms with van der Waals surface area (Å²) in [5, 5.41) is 13.8. The number of hydrogen-bond acceptors (Lipinski definition) is 4. The number of rotatable bonds is 4. The van der Waals surface area contributed by atoms with Gasteiger partial charge in [-0.15, -0.1) is 12.6 Å². The third-order valence-corrected chi connectivity index (χ3v) is 2.41. The topological polar surface area (TPSA) is 55.2 Å². The summed E-state index contributed by atoms with van der Waals surface area (Å²) in [7, 11) is 0. The van der Waals surface area contributed by atoms with Gasteiger partial charge in [-0.3, -0.25) is 10.1 Å². The first-order chi connectivity index (χ1) is 7.00. The largest absolute Gasteiger partial charge is 0.310 e. The van der Waals surface area contributed by atoms with Crippen molar-refractivity contribution in [1.82, 2.24) is 5.32 Å². The predicted molar refractivity (Wildman–Crippen MR) is 62.3 cm³/mol. The molecule has 0 spiro atoms. The van der Waals surface area contributed by atoms with Gasteiger partial charge in [-0.1, -0.05) is 13.8 Å². The van der Waals surface area contributed by atoms with Crippen LogP contribution < -0.4 is 5.32 Å². The number of nitro groups is 1. The van der Waals surface area contributed by atoms with Crippen molar-refractivity contribution in [3.05, 3.63) is 33.9 Å². The Morgan fingerprint density at radius 3 is 2.73 bits per heavy atom. The molecule has 0 saturated carbocycles. The number of benzene rings is 1. The summed E-state index contributed by atoms with van der Waals surface area (Å²) >= 11 is 4.25. The fraction of sp³-hybridized carbons (Fsp3) is 0.400. The second kappa shape index (κ2) is 5.14. The van der Waals surface area contributed by atoms with E-state index < -0.39 is 4.92 Å². The zero-order valence-electron chi connectivity index (χ0n) is 8.73. The normalized spacial score (nSPS) is 10.7. The highest BCUT2D eigenvalue weighted by Gasteiger charge is 2.08. The highest BCUT2D eigenvalue weighted by Crippen LogP contribution is 2.20. The molecule has 15 heavy (non-hydrogen) atoms. The smallest absolute Gasteiger partial charge is 0.269 e. The zero-order chi connectivity index (χ0) is 11.4. The van der Waals surface area contributed by atoms with Gasteiger partial charge in [-0.25, -0.2) is 0 Å². The van der Waals surface area contributed by atoms with Crippen LogP contribution in [0.25, 0.3) is 0 Å². The van der Waals surface area contributed by atoms with Crippen molar-refractivity contribution < 1.29 is 4.92 Å². The van der Waals surface area contributed by atoms with Crippen molar-refractivity contribution >= 4 is 18.3 Å². The van der Waals surface area contributed by atoms with Gasteiger partial charge >= 0.3 is 0 Å². The van der Waals surface area contributed by atoms with E-state index in [1.807, 2.05) is 13.8 Å². The van der Waals surface area contributed by atoms with Crippen molar-refractivity contribution in [3.63, 3.8) is 0 Å². The van der Waals surface area contributed by atoms with Crippen molar-refractivity contribution in [1.29, 1.82) is 0 Å². The lowest BCUT2D eigenvalue weighted by Gasteiger charge is -2.09. The van der Waals surface area contributed by atoms with E-state index >= 15 is 0 Å². The van der Waals surface area contributed by atoms with E-state index in [0.29, 0.717) is 12.6 Å². The first-order valence-corrected chi connectivity index (χ1v) is 5.15. The number of nitrogens with one attached hydrogen (secondary N) is 1. The van der Waals surface area contributed by atoms with E-state index in [1.165, 1.54) is 6.07 Å². The minimum atomic E-state index is -0.397. The van der Waals surface area contributed by atoms with Crippen LogP contribution in [0.4, 0.5) is 5.69 Å². The fourth-order valence-corrected chi connectivity index (χ4v) is 1.36. The van der Waals surface area contributed by atoms with Crippen LogP contribution in [-0.4, -0.2) is 11.0 Å². The van der Waals surface area contributed by atoms with Crippen molar-refractivity contribution in [2.24, 2.45) is 0 Å². The summed E-state index contributed by atoms with van der Waals surface area (Å²) in [5.74, 6) is 0. The lowest BCUT2D eigenvalue weighted by Crippen LogP contribution is -2.22. The van der Waals surface area contributed by atoms with Crippen LogP contribution in [0.3, 0.4) is 0 Å². The Labute approximate surface area is 94.2 Å². The minimum Gasteiger partial charge on any atom is -0.310 e. The molecule has 1 aromatic rings. The van der Waals surface area contributed by atoms with Crippen molar-refractivity contribution in [2.75, 3.05) is 0 Å². The van der Waals surface area contributed by atoms with Crippen LogP contribution in [0.15, 0.2) is 23.1 Å². The number of nitro benzene ring substituents is 1. The van der Waals surface area contributed by atoms with Crippen LogP contribution in [-0.2, 0) is 6.54 Å². The monoisotopic (exact) mass is 226 g/mol. The Balaban J connectivity index is 2.85. The fourth-order valence-electron chi connectivity index (χ4n) is 1.14. The van der Waals surface area contributed by atoms with Gasteiger partial charge in [0.2, 0.25) is 0 Å².